The van der Waals surface area contributed by atoms with Crippen LogP contribution in [0, 0.1) is 0 Å². The lowest BCUT2D eigenvalue weighted by Gasteiger charge is -2.28. The van der Waals surface area contributed by atoms with Gasteiger partial charge in [0.2, 0.25) is 5.91 Å². The molecule has 2 unspecified atom stereocenters. The van der Waals surface area contributed by atoms with Crippen LogP contribution in [0.5, 0.6) is 0 Å². The van der Waals surface area contributed by atoms with Gasteiger partial charge in [-0.05, 0) is 32.2 Å². The van der Waals surface area contributed by atoms with Gasteiger partial charge in [-0.3, -0.25) is 9.69 Å². The van der Waals surface area contributed by atoms with Crippen molar-refractivity contribution in [2.75, 3.05) is 24.6 Å². The minimum absolute atomic E-state index is 0.191. The lowest BCUT2D eigenvalue weighted by atomic mass is 9.98. The molecule has 1 aliphatic carbocycles. The van der Waals surface area contributed by atoms with Crippen LogP contribution < -0.4 is 11.5 Å². The Bertz CT molecular complexity index is 437. The van der Waals surface area contributed by atoms with Crippen molar-refractivity contribution in [2.24, 2.45) is 11.5 Å². The molecule has 2 fully saturated rings. The number of hydrogen-bond acceptors (Lipinski definition) is 5. The molecule has 7 heteroatoms. The van der Waals surface area contributed by atoms with Gasteiger partial charge in [-0.2, -0.15) is 0 Å². The van der Waals surface area contributed by atoms with E-state index < -0.39 is 21.3 Å². The van der Waals surface area contributed by atoms with Crippen LogP contribution in [-0.2, 0) is 14.6 Å². The third-order valence-corrected chi connectivity index (χ3v) is 5.84. The number of hydrogen-bond donors (Lipinski definition) is 2. The molecule has 6 nitrogen and oxygen atoms in total. The summed E-state index contributed by atoms with van der Waals surface area (Å²) in [5.74, 6) is 0.0183. The zero-order valence-corrected chi connectivity index (χ0v) is 11.3. The maximum Gasteiger partial charge on any atom is 0.237 e. The first-order valence-electron chi connectivity index (χ1n) is 6.36. The van der Waals surface area contributed by atoms with Gasteiger partial charge in [0, 0.05) is 12.6 Å². The fourth-order valence-electron chi connectivity index (χ4n) is 2.91. The van der Waals surface area contributed by atoms with E-state index in [2.05, 4.69) is 4.90 Å². The van der Waals surface area contributed by atoms with E-state index in [4.69, 9.17) is 11.5 Å². The number of amides is 1. The van der Waals surface area contributed by atoms with E-state index in [1.54, 1.807) is 0 Å². The monoisotopic (exact) mass is 275 g/mol. The van der Waals surface area contributed by atoms with Gasteiger partial charge in [0.15, 0.2) is 9.84 Å². The molecule has 2 rings (SSSR count). The van der Waals surface area contributed by atoms with Crippen LogP contribution in [0.15, 0.2) is 0 Å². The molecule has 4 N–H and O–H groups in total. The normalized spacial score (nSPS) is 37.3. The summed E-state index contributed by atoms with van der Waals surface area (Å²) < 4.78 is 23.1. The molecule has 1 saturated heterocycles. The lowest BCUT2D eigenvalue weighted by molar-refractivity contribution is -0.123. The third-order valence-electron chi connectivity index (χ3n) is 4.12. The second kappa shape index (κ2) is 4.79. The number of carbonyl (C=O) groups excluding carboxylic acids is 1. The molecule has 1 amide bonds. The van der Waals surface area contributed by atoms with E-state index in [1.165, 1.54) is 0 Å². The Hall–Kier alpha value is -0.660. The highest BCUT2D eigenvalue weighted by Gasteiger charge is 2.42. The summed E-state index contributed by atoms with van der Waals surface area (Å²) in [5.41, 5.74) is 10.4. The topological polar surface area (TPSA) is 106 Å². The first kappa shape index (κ1) is 13.8. The molecule has 18 heavy (non-hydrogen) atoms. The number of nitrogens with two attached hydrogens (primary N) is 2. The predicted molar refractivity (Wildman–Crippen MR) is 68.6 cm³/mol. The van der Waals surface area contributed by atoms with Crippen molar-refractivity contribution < 1.29 is 13.2 Å². The number of carbonyl (C=O) groups is 1. The van der Waals surface area contributed by atoms with Gasteiger partial charge in [0.25, 0.3) is 0 Å². The minimum atomic E-state index is -2.89. The Labute approximate surface area is 108 Å². The summed E-state index contributed by atoms with van der Waals surface area (Å²) in [5, 5.41) is 0. The van der Waals surface area contributed by atoms with Crippen molar-refractivity contribution in [3.63, 3.8) is 0 Å². The summed E-state index contributed by atoms with van der Waals surface area (Å²) >= 11 is 0. The van der Waals surface area contributed by atoms with Gasteiger partial charge in [0.1, 0.15) is 0 Å². The summed E-state index contributed by atoms with van der Waals surface area (Å²) in [4.78, 5) is 13.5. The van der Waals surface area contributed by atoms with Crippen molar-refractivity contribution in [1.29, 1.82) is 0 Å². The molecule has 0 radical (unpaired) electrons. The molecule has 104 valence electrons. The van der Waals surface area contributed by atoms with Crippen LogP contribution in [0.3, 0.4) is 0 Å². The van der Waals surface area contributed by atoms with Crippen LogP contribution in [0.1, 0.15) is 25.7 Å². The van der Waals surface area contributed by atoms with E-state index in [1.807, 2.05) is 0 Å². The fourth-order valence-corrected chi connectivity index (χ4v) is 4.19. The van der Waals surface area contributed by atoms with Crippen molar-refractivity contribution in [3.8, 4) is 0 Å². The molecule has 1 aliphatic heterocycles. The summed E-state index contributed by atoms with van der Waals surface area (Å²) in [6.07, 6.45) is 2.62. The Morgan fingerprint density at radius 3 is 2.61 bits per heavy atom. The molecule has 1 heterocycles. The second-order valence-electron chi connectivity index (χ2n) is 5.46. The maximum absolute atomic E-state index is 11.5. The van der Waals surface area contributed by atoms with Crippen molar-refractivity contribution in [1.82, 2.24) is 4.90 Å². The van der Waals surface area contributed by atoms with Gasteiger partial charge >= 0.3 is 0 Å². The highest BCUT2D eigenvalue weighted by Crippen LogP contribution is 2.31. The van der Waals surface area contributed by atoms with E-state index >= 15 is 0 Å². The molecule has 0 aromatic carbocycles. The number of rotatable bonds is 2. The Kier molecular flexibility index (Phi) is 3.66. The molecule has 1 saturated carbocycles. The largest absolute Gasteiger partial charge is 0.368 e. The standard InChI is InChI=1S/C11H21N3O3S/c12-10(15)11(13)3-2-9(8-11)14-4-1-6-18(16,17)7-5-14/h9H,1-8,13H2,(H2,12,15). The van der Waals surface area contributed by atoms with E-state index in [0.29, 0.717) is 25.8 Å². The minimum Gasteiger partial charge on any atom is -0.368 e. The lowest BCUT2D eigenvalue weighted by Crippen LogP contribution is -2.51. The van der Waals surface area contributed by atoms with Crippen molar-refractivity contribution in [2.45, 2.75) is 37.3 Å². The highest BCUT2D eigenvalue weighted by atomic mass is 32.2. The molecule has 0 bridgehead atoms. The average molecular weight is 275 g/mol. The predicted octanol–water partition coefficient (Wildman–Crippen LogP) is -1.16. The fraction of sp³-hybridized carbons (Fsp3) is 0.909. The van der Waals surface area contributed by atoms with E-state index in [-0.39, 0.29) is 17.5 Å². The van der Waals surface area contributed by atoms with Gasteiger partial charge in [0.05, 0.1) is 17.0 Å². The first-order valence-corrected chi connectivity index (χ1v) is 8.18. The second-order valence-corrected chi connectivity index (χ2v) is 7.76. The van der Waals surface area contributed by atoms with E-state index in [0.717, 1.165) is 13.0 Å². The van der Waals surface area contributed by atoms with Gasteiger partial charge in [-0.15, -0.1) is 0 Å². The summed E-state index contributed by atoms with van der Waals surface area (Å²) in [7, 11) is -2.89. The van der Waals surface area contributed by atoms with E-state index in [9.17, 15) is 13.2 Å². The van der Waals surface area contributed by atoms with Gasteiger partial charge in [-0.1, -0.05) is 0 Å². The Morgan fingerprint density at radius 2 is 2.00 bits per heavy atom. The molecular formula is C11H21N3O3S. The Balaban J connectivity index is 2.00. The van der Waals surface area contributed by atoms with Crippen LogP contribution in [0.4, 0.5) is 0 Å². The molecular weight excluding hydrogens is 254 g/mol. The maximum atomic E-state index is 11.5. The quantitative estimate of drug-likeness (QED) is 0.661. The smallest absolute Gasteiger partial charge is 0.237 e. The van der Waals surface area contributed by atoms with Crippen LogP contribution in [0.2, 0.25) is 0 Å². The molecule has 2 atom stereocenters. The van der Waals surface area contributed by atoms with Gasteiger partial charge in [-0.25, -0.2) is 8.42 Å². The molecule has 2 aliphatic rings. The van der Waals surface area contributed by atoms with Crippen LogP contribution in [-0.4, -0.2) is 55.4 Å². The van der Waals surface area contributed by atoms with Crippen molar-refractivity contribution >= 4 is 15.7 Å². The Morgan fingerprint density at radius 1 is 1.28 bits per heavy atom. The first-order chi connectivity index (χ1) is 8.32. The zero-order chi connectivity index (χ0) is 13.4. The average Bonchev–Trinajstić information content (AvgIpc) is 2.58. The number of primary amides is 1. The molecule has 0 spiro atoms. The third kappa shape index (κ3) is 2.84. The van der Waals surface area contributed by atoms with Crippen LogP contribution >= 0.6 is 0 Å². The SMILES string of the molecule is NC(=O)C1(N)CCC(N2CCCS(=O)(=O)CC2)C1. The van der Waals surface area contributed by atoms with Crippen LogP contribution in [0.25, 0.3) is 0 Å². The van der Waals surface area contributed by atoms with Crippen molar-refractivity contribution in [3.05, 3.63) is 0 Å². The number of sulfone groups is 1. The molecule has 0 aromatic heterocycles. The number of nitrogens with zero attached hydrogens (tertiary/aromatic N) is 1. The zero-order valence-electron chi connectivity index (χ0n) is 10.5. The summed E-state index contributed by atoms with van der Waals surface area (Å²) in [6, 6.07) is 0.191. The highest BCUT2D eigenvalue weighted by molar-refractivity contribution is 7.91. The molecule has 0 aromatic rings. The van der Waals surface area contributed by atoms with Gasteiger partial charge < -0.3 is 11.5 Å². The summed E-state index contributed by atoms with van der Waals surface area (Å²) in [6.45, 7) is 1.31.